The first kappa shape index (κ1) is 24.5. The van der Waals surface area contributed by atoms with E-state index in [-0.39, 0.29) is 6.54 Å². The van der Waals surface area contributed by atoms with Crippen LogP contribution in [0.3, 0.4) is 0 Å². The Morgan fingerprint density at radius 2 is 1.61 bits per heavy atom. The average molecular weight is 482 g/mol. The van der Waals surface area contributed by atoms with Crippen LogP contribution in [0.5, 0.6) is 11.5 Å². The van der Waals surface area contributed by atoms with Crippen molar-refractivity contribution in [1.82, 2.24) is 10.7 Å². The van der Waals surface area contributed by atoms with Crippen molar-refractivity contribution in [1.29, 1.82) is 0 Å². The van der Waals surface area contributed by atoms with E-state index in [0.717, 1.165) is 21.9 Å². The summed E-state index contributed by atoms with van der Waals surface area (Å²) in [6.45, 7) is 3.00. The van der Waals surface area contributed by atoms with Crippen LogP contribution in [0.1, 0.15) is 23.6 Å². The van der Waals surface area contributed by atoms with Gasteiger partial charge in [-0.1, -0.05) is 72.8 Å². The Balaban J connectivity index is 1.36. The van der Waals surface area contributed by atoms with Crippen molar-refractivity contribution in [2.24, 2.45) is 5.10 Å². The first-order chi connectivity index (χ1) is 17.6. The molecule has 4 aromatic carbocycles. The standard InChI is InChI=1S/C29H27N3O4/c1-2-35-27-17-22(19-31-32-29(34)28(33)30-18-21-9-4-3-5-10-21)15-16-26(27)36-20-24-13-8-12-23-11-6-7-14-25(23)24/h3-17,19H,2,18,20H2,1H3,(H,30,33)(H,32,34)/b31-19+. The van der Waals surface area contributed by atoms with Gasteiger partial charge in [0.2, 0.25) is 0 Å². The van der Waals surface area contributed by atoms with Gasteiger partial charge in [0.1, 0.15) is 6.61 Å². The minimum absolute atomic E-state index is 0.259. The summed E-state index contributed by atoms with van der Waals surface area (Å²) in [7, 11) is 0. The predicted molar refractivity (Wildman–Crippen MR) is 140 cm³/mol. The number of carbonyl (C=O) groups is 2. The Bertz CT molecular complexity index is 1360. The quantitative estimate of drug-likeness (QED) is 0.208. The van der Waals surface area contributed by atoms with Crippen LogP contribution in [0.2, 0.25) is 0 Å². The van der Waals surface area contributed by atoms with Crippen molar-refractivity contribution in [3.8, 4) is 11.5 Å². The number of amides is 2. The van der Waals surface area contributed by atoms with Crippen molar-refractivity contribution in [3.63, 3.8) is 0 Å². The molecular weight excluding hydrogens is 454 g/mol. The lowest BCUT2D eigenvalue weighted by atomic mass is 10.1. The van der Waals surface area contributed by atoms with Gasteiger partial charge in [-0.15, -0.1) is 0 Å². The van der Waals surface area contributed by atoms with E-state index in [4.69, 9.17) is 9.47 Å². The van der Waals surface area contributed by atoms with Crippen molar-refractivity contribution < 1.29 is 19.1 Å². The summed E-state index contributed by atoms with van der Waals surface area (Å²) < 4.78 is 11.8. The van der Waals surface area contributed by atoms with E-state index >= 15 is 0 Å². The number of hydrogen-bond acceptors (Lipinski definition) is 5. The summed E-state index contributed by atoms with van der Waals surface area (Å²) in [4.78, 5) is 24.0. The number of carbonyl (C=O) groups excluding carboxylic acids is 2. The molecule has 0 aliphatic rings. The van der Waals surface area contributed by atoms with Crippen LogP contribution in [0.15, 0.2) is 96.1 Å². The smallest absolute Gasteiger partial charge is 0.329 e. The number of hydrazone groups is 1. The van der Waals surface area contributed by atoms with Crippen LogP contribution >= 0.6 is 0 Å². The molecule has 7 nitrogen and oxygen atoms in total. The molecule has 4 rings (SSSR count). The minimum atomic E-state index is -0.845. The fourth-order valence-corrected chi connectivity index (χ4v) is 3.64. The minimum Gasteiger partial charge on any atom is -0.490 e. The van der Waals surface area contributed by atoms with E-state index in [2.05, 4.69) is 34.0 Å². The highest BCUT2D eigenvalue weighted by Crippen LogP contribution is 2.30. The Hall–Kier alpha value is -4.65. The molecule has 0 saturated carbocycles. The maximum Gasteiger partial charge on any atom is 0.329 e. The van der Waals surface area contributed by atoms with Crippen molar-refractivity contribution in [3.05, 3.63) is 108 Å². The second-order valence-corrected chi connectivity index (χ2v) is 7.93. The van der Waals surface area contributed by atoms with Crippen LogP contribution in [-0.4, -0.2) is 24.6 Å². The van der Waals surface area contributed by atoms with Gasteiger partial charge in [0, 0.05) is 6.54 Å². The second-order valence-electron chi connectivity index (χ2n) is 7.93. The summed E-state index contributed by atoms with van der Waals surface area (Å²) in [5, 5.41) is 8.75. The Morgan fingerprint density at radius 3 is 2.44 bits per heavy atom. The van der Waals surface area contributed by atoms with Gasteiger partial charge in [-0.25, -0.2) is 5.43 Å². The van der Waals surface area contributed by atoms with E-state index in [0.29, 0.717) is 30.3 Å². The van der Waals surface area contributed by atoms with Crippen LogP contribution < -0.4 is 20.2 Å². The summed E-state index contributed by atoms with van der Waals surface area (Å²) in [5.41, 5.74) is 4.90. The molecule has 182 valence electrons. The van der Waals surface area contributed by atoms with E-state index in [1.165, 1.54) is 6.21 Å². The van der Waals surface area contributed by atoms with Gasteiger partial charge in [0.15, 0.2) is 11.5 Å². The molecule has 0 bridgehead atoms. The van der Waals surface area contributed by atoms with Crippen molar-refractivity contribution >= 4 is 28.8 Å². The van der Waals surface area contributed by atoms with Crippen LogP contribution in [0.4, 0.5) is 0 Å². The molecule has 0 aromatic heterocycles. The van der Waals surface area contributed by atoms with Gasteiger partial charge in [0.05, 0.1) is 12.8 Å². The Kier molecular flexibility index (Phi) is 8.27. The fourth-order valence-electron chi connectivity index (χ4n) is 3.64. The zero-order valence-corrected chi connectivity index (χ0v) is 19.9. The SMILES string of the molecule is CCOc1cc(/C=N/NC(=O)C(=O)NCc2ccccc2)ccc1OCc1cccc2ccccc12. The largest absolute Gasteiger partial charge is 0.490 e. The van der Waals surface area contributed by atoms with Gasteiger partial charge >= 0.3 is 11.8 Å². The fraction of sp³-hybridized carbons (Fsp3) is 0.138. The molecule has 4 aromatic rings. The Morgan fingerprint density at radius 1 is 0.833 bits per heavy atom. The molecule has 0 radical (unpaired) electrons. The highest BCUT2D eigenvalue weighted by atomic mass is 16.5. The lowest BCUT2D eigenvalue weighted by molar-refractivity contribution is -0.139. The first-order valence-corrected chi connectivity index (χ1v) is 11.7. The van der Waals surface area contributed by atoms with E-state index in [1.54, 1.807) is 18.2 Å². The topological polar surface area (TPSA) is 89.0 Å². The lowest BCUT2D eigenvalue weighted by Gasteiger charge is -2.13. The average Bonchev–Trinajstić information content (AvgIpc) is 2.92. The number of nitrogens with one attached hydrogen (secondary N) is 2. The van der Waals surface area contributed by atoms with Crippen molar-refractivity contribution in [2.45, 2.75) is 20.1 Å². The lowest BCUT2D eigenvalue weighted by Crippen LogP contribution is -2.37. The van der Waals surface area contributed by atoms with Gasteiger partial charge in [-0.3, -0.25) is 9.59 Å². The molecule has 36 heavy (non-hydrogen) atoms. The molecule has 0 fully saturated rings. The van der Waals surface area contributed by atoms with Crippen LogP contribution in [-0.2, 0) is 22.7 Å². The number of ether oxygens (including phenoxy) is 2. The number of rotatable bonds is 9. The summed E-state index contributed by atoms with van der Waals surface area (Å²) in [6.07, 6.45) is 1.44. The molecule has 0 unspecified atom stereocenters. The zero-order chi connectivity index (χ0) is 25.2. The summed E-state index contributed by atoms with van der Waals surface area (Å²) >= 11 is 0. The molecule has 7 heteroatoms. The highest BCUT2D eigenvalue weighted by Gasteiger charge is 2.12. The third-order valence-corrected chi connectivity index (χ3v) is 5.41. The second kappa shape index (κ2) is 12.2. The monoisotopic (exact) mass is 481 g/mol. The highest BCUT2D eigenvalue weighted by molar-refractivity contribution is 6.35. The van der Waals surface area contributed by atoms with Gasteiger partial charge in [-0.2, -0.15) is 5.10 Å². The molecule has 0 saturated heterocycles. The zero-order valence-electron chi connectivity index (χ0n) is 19.9. The molecule has 0 spiro atoms. The van der Waals surface area contributed by atoms with Gasteiger partial charge in [0.25, 0.3) is 0 Å². The molecule has 0 heterocycles. The van der Waals surface area contributed by atoms with Crippen LogP contribution in [0, 0.1) is 0 Å². The molecule has 0 aliphatic carbocycles. The summed E-state index contributed by atoms with van der Waals surface area (Å²) in [5.74, 6) is -0.440. The Labute approximate surface area is 209 Å². The van der Waals surface area contributed by atoms with Gasteiger partial charge in [-0.05, 0) is 52.6 Å². The molecule has 0 atom stereocenters. The van der Waals surface area contributed by atoms with E-state index in [9.17, 15) is 9.59 Å². The normalized spacial score (nSPS) is 10.8. The van der Waals surface area contributed by atoms with E-state index in [1.807, 2.05) is 61.5 Å². The van der Waals surface area contributed by atoms with Gasteiger partial charge < -0.3 is 14.8 Å². The maximum absolute atomic E-state index is 12.0. The molecule has 2 amide bonds. The molecule has 2 N–H and O–H groups in total. The van der Waals surface area contributed by atoms with Crippen molar-refractivity contribution in [2.75, 3.05) is 6.61 Å². The maximum atomic E-state index is 12.0. The number of benzene rings is 4. The van der Waals surface area contributed by atoms with E-state index < -0.39 is 11.8 Å². The number of nitrogens with zero attached hydrogens (tertiary/aromatic N) is 1. The third-order valence-electron chi connectivity index (χ3n) is 5.41. The molecular formula is C29H27N3O4. The first-order valence-electron chi connectivity index (χ1n) is 11.7. The van der Waals surface area contributed by atoms with Crippen LogP contribution in [0.25, 0.3) is 10.8 Å². The number of fused-ring (bicyclic) bond motifs is 1. The predicted octanol–water partition coefficient (Wildman–Crippen LogP) is 4.58. The number of hydrogen-bond donors (Lipinski definition) is 2. The third kappa shape index (κ3) is 6.48. The summed E-state index contributed by atoms with van der Waals surface area (Å²) in [6, 6.07) is 29.0. The molecule has 0 aliphatic heterocycles.